The molecule has 0 amide bonds. The molecule has 3 aromatic rings. The van der Waals surface area contributed by atoms with E-state index in [2.05, 4.69) is 9.97 Å². The second kappa shape index (κ2) is 5.31. The van der Waals surface area contributed by atoms with E-state index in [9.17, 15) is 23.1 Å². The molecular weight excluding hydrogens is 313 g/mol. The van der Waals surface area contributed by atoms with E-state index in [1.54, 1.807) is 12.1 Å². The first-order valence-electron chi connectivity index (χ1n) is 6.41. The van der Waals surface area contributed by atoms with Gasteiger partial charge in [0, 0.05) is 23.2 Å². The van der Waals surface area contributed by atoms with Crippen LogP contribution in [0, 0.1) is 0 Å². The van der Waals surface area contributed by atoms with Crippen molar-refractivity contribution in [3.05, 3.63) is 53.7 Å². The van der Waals surface area contributed by atoms with Gasteiger partial charge in [0.2, 0.25) is 11.8 Å². The van der Waals surface area contributed by atoms with Gasteiger partial charge in [-0.15, -0.1) is 0 Å². The van der Waals surface area contributed by atoms with Crippen LogP contribution in [0.1, 0.15) is 15.9 Å². The van der Waals surface area contributed by atoms with E-state index in [4.69, 9.17) is 4.74 Å². The third kappa shape index (κ3) is 2.83. The van der Waals surface area contributed by atoms with Gasteiger partial charge in [-0.25, -0.2) is 9.78 Å². The number of benzene rings is 1. The summed E-state index contributed by atoms with van der Waals surface area (Å²) in [7, 11) is 0. The van der Waals surface area contributed by atoms with Crippen LogP contribution in [0.3, 0.4) is 0 Å². The summed E-state index contributed by atoms with van der Waals surface area (Å²) < 4.78 is 43.8. The van der Waals surface area contributed by atoms with Crippen molar-refractivity contribution in [2.75, 3.05) is 0 Å². The van der Waals surface area contributed by atoms with Crippen LogP contribution < -0.4 is 4.74 Å². The molecule has 0 saturated carbocycles. The Morgan fingerprint density at radius 3 is 2.61 bits per heavy atom. The van der Waals surface area contributed by atoms with Crippen molar-refractivity contribution in [1.82, 2.24) is 9.97 Å². The van der Waals surface area contributed by atoms with Crippen molar-refractivity contribution in [2.24, 2.45) is 0 Å². The van der Waals surface area contributed by atoms with Crippen molar-refractivity contribution < 1.29 is 27.8 Å². The topological polar surface area (TPSA) is 75.2 Å². The van der Waals surface area contributed by atoms with E-state index < -0.39 is 17.7 Å². The maximum absolute atomic E-state index is 12.8. The zero-order valence-electron chi connectivity index (χ0n) is 11.4. The number of carboxylic acid groups (broad SMARTS) is 1. The van der Waals surface area contributed by atoms with Crippen molar-refractivity contribution in [3.8, 4) is 11.8 Å². The van der Waals surface area contributed by atoms with Crippen LogP contribution in [-0.4, -0.2) is 21.0 Å². The predicted octanol–water partition coefficient (Wildman–Crippen LogP) is 4.07. The van der Waals surface area contributed by atoms with E-state index in [1.807, 2.05) is 0 Å². The lowest BCUT2D eigenvalue weighted by Crippen LogP contribution is -2.05. The Labute approximate surface area is 127 Å². The van der Waals surface area contributed by atoms with Crippen LogP contribution in [0.25, 0.3) is 10.9 Å². The van der Waals surface area contributed by atoms with Crippen LogP contribution in [0.2, 0.25) is 0 Å². The number of aromatic amines is 1. The fourth-order valence-corrected chi connectivity index (χ4v) is 2.14. The minimum absolute atomic E-state index is 0.0849. The number of pyridine rings is 1. The Bertz CT molecular complexity index is 873. The summed E-state index contributed by atoms with van der Waals surface area (Å²) in [4.78, 5) is 18.0. The lowest BCUT2D eigenvalue weighted by molar-refractivity contribution is -0.137. The molecule has 8 heteroatoms. The van der Waals surface area contributed by atoms with Crippen LogP contribution in [0.4, 0.5) is 13.2 Å². The second-order valence-electron chi connectivity index (χ2n) is 4.66. The average Bonchev–Trinajstić information content (AvgIpc) is 2.84. The Hall–Kier alpha value is -3.03. The summed E-state index contributed by atoms with van der Waals surface area (Å²) in [6.45, 7) is 0. The monoisotopic (exact) mass is 322 g/mol. The Kier molecular flexibility index (Phi) is 3.44. The van der Waals surface area contributed by atoms with E-state index in [0.717, 1.165) is 18.2 Å². The van der Waals surface area contributed by atoms with Crippen molar-refractivity contribution in [3.63, 3.8) is 0 Å². The largest absolute Gasteiger partial charge is 0.477 e. The van der Waals surface area contributed by atoms with Crippen LogP contribution in [-0.2, 0) is 6.18 Å². The van der Waals surface area contributed by atoms with E-state index in [0.29, 0.717) is 0 Å². The molecule has 0 unspecified atom stereocenters. The number of aromatic carboxylic acids is 1. The number of fused-ring (bicyclic) bond motifs is 1. The van der Waals surface area contributed by atoms with Gasteiger partial charge in [-0.05, 0) is 24.3 Å². The molecule has 118 valence electrons. The smallest absolute Gasteiger partial charge is 0.416 e. The number of nitrogens with one attached hydrogen (secondary N) is 1. The second-order valence-corrected chi connectivity index (χ2v) is 4.66. The molecule has 2 aromatic heterocycles. The summed E-state index contributed by atoms with van der Waals surface area (Å²) >= 11 is 0. The minimum atomic E-state index is -4.57. The molecule has 0 aliphatic rings. The first-order chi connectivity index (χ1) is 10.9. The molecule has 0 fully saturated rings. The molecule has 0 aliphatic heterocycles. The molecule has 5 nitrogen and oxygen atoms in total. The van der Waals surface area contributed by atoms with Gasteiger partial charge in [0.05, 0.1) is 5.56 Å². The molecule has 2 N–H and O–H groups in total. The number of H-pyrrole nitrogens is 1. The normalized spacial score (nSPS) is 11.6. The number of hydrogen-bond acceptors (Lipinski definition) is 3. The van der Waals surface area contributed by atoms with Crippen molar-refractivity contribution >= 4 is 16.9 Å². The number of halogens is 3. The summed E-state index contributed by atoms with van der Waals surface area (Å²) in [5, 5.41) is 9.24. The molecule has 1 aromatic carbocycles. The van der Waals surface area contributed by atoms with Crippen molar-refractivity contribution in [1.29, 1.82) is 0 Å². The quantitative estimate of drug-likeness (QED) is 0.762. The number of alkyl halides is 3. The van der Waals surface area contributed by atoms with Gasteiger partial charge in [0.1, 0.15) is 5.56 Å². The Balaban J connectivity index is 2.15. The number of carbonyl (C=O) groups is 1. The molecule has 0 atom stereocenters. The number of ether oxygens (including phenoxy) is 1. The molecule has 0 bridgehead atoms. The van der Waals surface area contributed by atoms with E-state index >= 15 is 0 Å². The third-order valence-electron chi connectivity index (χ3n) is 3.15. The van der Waals surface area contributed by atoms with Gasteiger partial charge >= 0.3 is 12.1 Å². The summed E-state index contributed by atoms with van der Waals surface area (Å²) in [5.74, 6) is -1.45. The van der Waals surface area contributed by atoms with Gasteiger partial charge < -0.3 is 14.8 Å². The molecule has 23 heavy (non-hydrogen) atoms. The van der Waals surface area contributed by atoms with Crippen molar-refractivity contribution in [2.45, 2.75) is 6.18 Å². The van der Waals surface area contributed by atoms with Gasteiger partial charge in [-0.2, -0.15) is 13.2 Å². The number of nitrogens with zero attached hydrogens (tertiary/aromatic N) is 1. The number of aromatic nitrogens is 2. The maximum atomic E-state index is 12.8. The highest BCUT2D eigenvalue weighted by Crippen LogP contribution is 2.36. The minimum Gasteiger partial charge on any atom is -0.477 e. The lowest BCUT2D eigenvalue weighted by Gasteiger charge is -2.06. The first kappa shape index (κ1) is 14.9. The highest BCUT2D eigenvalue weighted by atomic mass is 19.4. The number of carboxylic acids is 1. The maximum Gasteiger partial charge on any atom is 0.416 e. The summed E-state index contributed by atoms with van der Waals surface area (Å²) in [5.41, 5.74) is -1.09. The highest BCUT2D eigenvalue weighted by Gasteiger charge is 2.32. The standard InChI is InChI=1S/C15H9F3N2O3/c16-15(17,18)8-4-5-10-9(7-8)12(14(21)22)13(20-10)23-11-3-1-2-6-19-11/h1-7,20H,(H,21,22). The first-order valence-corrected chi connectivity index (χ1v) is 6.41. The fourth-order valence-electron chi connectivity index (χ4n) is 2.14. The number of hydrogen-bond donors (Lipinski definition) is 2. The van der Waals surface area contributed by atoms with Crippen LogP contribution >= 0.6 is 0 Å². The average molecular weight is 322 g/mol. The van der Waals surface area contributed by atoms with Crippen LogP contribution in [0.15, 0.2) is 42.6 Å². The summed E-state index contributed by atoms with van der Waals surface area (Å²) in [6.07, 6.45) is -3.12. The molecule has 0 aliphatic carbocycles. The zero-order chi connectivity index (χ0) is 16.6. The molecule has 0 spiro atoms. The molecule has 0 saturated heterocycles. The number of rotatable bonds is 3. The zero-order valence-corrected chi connectivity index (χ0v) is 11.4. The van der Waals surface area contributed by atoms with E-state index in [-0.39, 0.29) is 28.2 Å². The van der Waals surface area contributed by atoms with Gasteiger partial charge in [-0.1, -0.05) is 6.07 Å². The molecule has 3 rings (SSSR count). The SMILES string of the molecule is O=C(O)c1c(Oc2ccccn2)[nH]c2ccc(C(F)(F)F)cc12. The highest BCUT2D eigenvalue weighted by molar-refractivity contribution is 6.06. The molecule has 0 radical (unpaired) electrons. The van der Waals surface area contributed by atoms with E-state index in [1.165, 1.54) is 12.3 Å². The summed E-state index contributed by atoms with van der Waals surface area (Å²) in [6, 6.07) is 7.59. The predicted molar refractivity (Wildman–Crippen MR) is 74.6 cm³/mol. The van der Waals surface area contributed by atoms with Gasteiger partial charge in [0.15, 0.2) is 0 Å². The fraction of sp³-hybridized carbons (Fsp3) is 0.0667. The van der Waals surface area contributed by atoms with Crippen LogP contribution in [0.5, 0.6) is 11.8 Å². The Morgan fingerprint density at radius 1 is 1.22 bits per heavy atom. The van der Waals surface area contributed by atoms with Gasteiger partial charge in [0.25, 0.3) is 0 Å². The lowest BCUT2D eigenvalue weighted by atomic mass is 10.1. The Morgan fingerprint density at radius 2 is 2.00 bits per heavy atom. The van der Waals surface area contributed by atoms with Gasteiger partial charge in [-0.3, -0.25) is 0 Å². The third-order valence-corrected chi connectivity index (χ3v) is 3.15. The molecule has 2 heterocycles. The molecular formula is C15H9F3N2O3.